The third-order valence-corrected chi connectivity index (χ3v) is 4.51. The van der Waals surface area contributed by atoms with Crippen LogP contribution in [0.1, 0.15) is 17.3 Å². The second kappa shape index (κ2) is 8.18. The third-order valence-electron chi connectivity index (χ3n) is 4.51. The Morgan fingerprint density at radius 2 is 1.72 bits per heavy atom. The van der Waals surface area contributed by atoms with Gasteiger partial charge >= 0.3 is 0 Å². The predicted molar refractivity (Wildman–Crippen MR) is 96.6 cm³/mol. The lowest BCUT2D eigenvalue weighted by Crippen LogP contribution is -2.45. The van der Waals surface area contributed by atoms with Crippen LogP contribution >= 0.6 is 0 Å². The molecule has 1 unspecified atom stereocenters. The molecule has 1 N–H and O–H groups in total. The number of nitrogens with one attached hydrogen (secondary N) is 1. The number of aromatic nitrogens is 1. The van der Waals surface area contributed by atoms with Crippen molar-refractivity contribution in [2.24, 2.45) is 0 Å². The summed E-state index contributed by atoms with van der Waals surface area (Å²) in [6.45, 7) is 3.80. The zero-order valence-electron chi connectivity index (χ0n) is 15.0. The van der Waals surface area contributed by atoms with Crippen LogP contribution in [0.3, 0.4) is 0 Å². The van der Waals surface area contributed by atoms with Crippen LogP contribution in [0.25, 0.3) is 0 Å². The number of benzene rings is 1. The van der Waals surface area contributed by atoms with Gasteiger partial charge in [-0.15, -0.1) is 0 Å². The molecule has 1 aromatic heterocycles. The van der Waals surface area contributed by atoms with Gasteiger partial charge in [0.05, 0.1) is 33.1 Å². The van der Waals surface area contributed by atoms with Crippen LogP contribution < -0.4 is 19.5 Å². The summed E-state index contributed by atoms with van der Waals surface area (Å²) in [6.07, 6.45) is 1.83. The molecule has 0 saturated carbocycles. The van der Waals surface area contributed by atoms with E-state index in [1.54, 1.807) is 21.3 Å². The van der Waals surface area contributed by atoms with E-state index in [1.165, 1.54) is 0 Å². The van der Waals surface area contributed by atoms with Gasteiger partial charge in [0.25, 0.3) is 0 Å². The molecule has 0 bridgehead atoms. The van der Waals surface area contributed by atoms with Crippen LogP contribution in [0, 0.1) is 0 Å². The van der Waals surface area contributed by atoms with Crippen molar-refractivity contribution in [3.05, 3.63) is 47.8 Å². The molecule has 0 radical (unpaired) electrons. The average Bonchev–Trinajstić information content (AvgIpc) is 2.69. The van der Waals surface area contributed by atoms with Crippen molar-refractivity contribution in [3.63, 3.8) is 0 Å². The van der Waals surface area contributed by atoms with E-state index < -0.39 is 0 Å². The summed E-state index contributed by atoms with van der Waals surface area (Å²) in [5, 5.41) is 3.40. The zero-order valence-corrected chi connectivity index (χ0v) is 15.0. The summed E-state index contributed by atoms with van der Waals surface area (Å²) < 4.78 is 16.7. The minimum absolute atomic E-state index is 0.00180. The third kappa shape index (κ3) is 3.55. The second-order valence-corrected chi connectivity index (χ2v) is 5.87. The molecule has 6 heteroatoms. The molecule has 0 amide bonds. The van der Waals surface area contributed by atoms with Gasteiger partial charge in [0, 0.05) is 37.9 Å². The summed E-state index contributed by atoms with van der Waals surface area (Å²) >= 11 is 0. The molecule has 134 valence electrons. The Kier molecular flexibility index (Phi) is 5.73. The minimum Gasteiger partial charge on any atom is -0.493 e. The number of pyridine rings is 1. The van der Waals surface area contributed by atoms with E-state index in [0.717, 1.165) is 37.4 Å². The molecular weight excluding hydrogens is 318 g/mol. The highest BCUT2D eigenvalue weighted by molar-refractivity contribution is 5.57. The fourth-order valence-corrected chi connectivity index (χ4v) is 3.36. The minimum atomic E-state index is -0.00180. The first-order valence-electron chi connectivity index (χ1n) is 8.44. The standard InChI is InChI=1S/C19H25N3O3/c1-23-16-8-7-14(18(24-2)19(16)25-3)17(15-6-4-5-9-21-15)22-12-10-20-11-13-22/h4-9,17,20H,10-13H2,1-3H3. The monoisotopic (exact) mass is 343 g/mol. The lowest BCUT2D eigenvalue weighted by atomic mass is 9.98. The highest BCUT2D eigenvalue weighted by atomic mass is 16.5. The molecular formula is C19H25N3O3. The SMILES string of the molecule is COc1ccc(C(c2ccccn2)N2CCNCC2)c(OC)c1OC. The van der Waals surface area contributed by atoms with Crippen LogP contribution in [0.15, 0.2) is 36.5 Å². The quantitative estimate of drug-likeness (QED) is 0.867. The Balaban J connectivity index is 2.12. The van der Waals surface area contributed by atoms with Gasteiger partial charge in [-0.25, -0.2) is 0 Å². The van der Waals surface area contributed by atoms with Gasteiger partial charge in [0.15, 0.2) is 11.5 Å². The smallest absolute Gasteiger partial charge is 0.203 e. The number of hydrogen-bond donors (Lipinski definition) is 1. The van der Waals surface area contributed by atoms with Crippen LogP contribution in [0.4, 0.5) is 0 Å². The van der Waals surface area contributed by atoms with Gasteiger partial charge in [0.1, 0.15) is 0 Å². The first kappa shape index (κ1) is 17.5. The predicted octanol–water partition coefficient (Wildman–Crippen LogP) is 2.10. The van der Waals surface area contributed by atoms with Gasteiger partial charge < -0.3 is 19.5 Å². The van der Waals surface area contributed by atoms with E-state index in [2.05, 4.69) is 21.3 Å². The molecule has 1 aliphatic heterocycles. The fraction of sp³-hybridized carbons (Fsp3) is 0.421. The van der Waals surface area contributed by atoms with Crippen LogP contribution in [-0.2, 0) is 0 Å². The van der Waals surface area contributed by atoms with E-state index in [1.807, 2.05) is 30.5 Å². The summed E-state index contributed by atoms with van der Waals surface area (Å²) in [4.78, 5) is 7.03. The Labute approximate surface area is 148 Å². The molecule has 0 aliphatic carbocycles. The summed E-state index contributed by atoms with van der Waals surface area (Å²) in [7, 11) is 4.92. The Hall–Kier alpha value is -2.31. The van der Waals surface area contributed by atoms with E-state index >= 15 is 0 Å². The maximum absolute atomic E-state index is 5.73. The summed E-state index contributed by atoms with van der Waals surface area (Å²) in [5.41, 5.74) is 2.02. The first-order chi connectivity index (χ1) is 12.3. The maximum atomic E-state index is 5.73. The summed E-state index contributed by atoms with van der Waals surface area (Å²) in [5.74, 6) is 1.96. The normalized spacial score (nSPS) is 16.3. The van der Waals surface area contributed by atoms with Crippen molar-refractivity contribution in [2.45, 2.75) is 6.04 Å². The number of ether oxygens (including phenoxy) is 3. The number of nitrogens with zero attached hydrogens (tertiary/aromatic N) is 2. The van der Waals surface area contributed by atoms with Crippen molar-refractivity contribution in [3.8, 4) is 17.2 Å². The topological polar surface area (TPSA) is 55.9 Å². The lowest BCUT2D eigenvalue weighted by molar-refractivity contribution is 0.191. The average molecular weight is 343 g/mol. The van der Waals surface area contributed by atoms with E-state index in [0.29, 0.717) is 17.2 Å². The van der Waals surface area contributed by atoms with E-state index in [4.69, 9.17) is 14.2 Å². The molecule has 1 fully saturated rings. The highest BCUT2D eigenvalue weighted by Gasteiger charge is 2.30. The molecule has 0 spiro atoms. The largest absolute Gasteiger partial charge is 0.493 e. The van der Waals surface area contributed by atoms with Gasteiger partial charge in [-0.05, 0) is 24.3 Å². The Morgan fingerprint density at radius 3 is 2.32 bits per heavy atom. The van der Waals surface area contributed by atoms with Gasteiger partial charge in [-0.2, -0.15) is 0 Å². The molecule has 3 rings (SSSR count). The van der Waals surface area contributed by atoms with E-state index in [-0.39, 0.29) is 6.04 Å². The van der Waals surface area contributed by atoms with Crippen LogP contribution in [0.5, 0.6) is 17.2 Å². The van der Waals surface area contributed by atoms with Gasteiger partial charge in [-0.3, -0.25) is 9.88 Å². The molecule has 1 aromatic carbocycles. The number of hydrogen-bond acceptors (Lipinski definition) is 6. The Morgan fingerprint density at radius 1 is 0.960 bits per heavy atom. The Bertz CT molecular complexity index is 688. The van der Waals surface area contributed by atoms with Crippen molar-refractivity contribution >= 4 is 0 Å². The number of methoxy groups -OCH3 is 3. The molecule has 2 aromatic rings. The van der Waals surface area contributed by atoms with Gasteiger partial charge in [-0.1, -0.05) is 6.07 Å². The molecule has 25 heavy (non-hydrogen) atoms. The van der Waals surface area contributed by atoms with Crippen molar-refractivity contribution in [2.75, 3.05) is 47.5 Å². The molecule has 2 heterocycles. The van der Waals surface area contributed by atoms with Gasteiger partial charge in [0.2, 0.25) is 5.75 Å². The second-order valence-electron chi connectivity index (χ2n) is 5.87. The first-order valence-corrected chi connectivity index (χ1v) is 8.44. The van der Waals surface area contributed by atoms with Crippen LogP contribution in [-0.4, -0.2) is 57.4 Å². The van der Waals surface area contributed by atoms with Crippen molar-refractivity contribution < 1.29 is 14.2 Å². The molecule has 1 saturated heterocycles. The zero-order chi connectivity index (χ0) is 17.6. The molecule has 1 atom stereocenters. The molecule has 6 nitrogen and oxygen atoms in total. The number of rotatable bonds is 6. The van der Waals surface area contributed by atoms with Crippen LogP contribution in [0.2, 0.25) is 0 Å². The maximum Gasteiger partial charge on any atom is 0.203 e. The van der Waals surface area contributed by atoms with E-state index in [9.17, 15) is 0 Å². The summed E-state index contributed by atoms with van der Waals surface area (Å²) in [6, 6.07) is 9.98. The molecule has 1 aliphatic rings. The highest BCUT2D eigenvalue weighted by Crippen LogP contribution is 2.44. The number of piperazine rings is 1. The van der Waals surface area contributed by atoms with Crippen molar-refractivity contribution in [1.82, 2.24) is 15.2 Å². The van der Waals surface area contributed by atoms with Crippen molar-refractivity contribution in [1.29, 1.82) is 0 Å². The fourth-order valence-electron chi connectivity index (χ4n) is 3.36. The lowest BCUT2D eigenvalue weighted by Gasteiger charge is -2.35.